The standard InChI is InChI=1S/C9H18FNO2/c1-5-13-8(12)7(11-4)6-9(2,3)10/h7,11H,5-6H2,1-4H3. The number of nitrogens with one attached hydrogen (secondary N) is 1. The normalized spacial score (nSPS) is 13.9. The van der Waals surface area contributed by atoms with Gasteiger partial charge in [-0.05, 0) is 27.8 Å². The number of ether oxygens (including phenoxy) is 1. The predicted molar refractivity (Wildman–Crippen MR) is 49.3 cm³/mol. The van der Waals surface area contributed by atoms with Crippen molar-refractivity contribution in [3.05, 3.63) is 0 Å². The first kappa shape index (κ1) is 12.4. The Morgan fingerprint density at radius 3 is 2.46 bits per heavy atom. The van der Waals surface area contributed by atoms with Gasteiger partial charge in [-0.15, -0.1) is 0 Å². The molecule has 0 heterocycles. The van der Waals surface area contributed by atoms with Gasteiger partial charge in [0.2, 0.25) is 0 Å². The van der Waals surface area contributed by atoms with Gasteiger partial charge in [0.05, 0.1) is 6.61 Å². The van der Waals surface area contributed by atoms with Gasteiger partial charge in [0.1, 0.15) is 11.7 Å². The van der Waals surface area contributed by atoms with Crippen molar-refractivity contribution < 1.29 is 13.9 Å². The number of alkyl halides is 1. The fourth-order valence-corrected chi connectivity index (χ4v) is 1.03. The first-order valence-corrected chi connectivity index (χ1v) is 4.43. The van der Waals surface area contributed by atoms with E-state index in [1.54, 1.807) is 14.0 Å². The highest BCUT2D eigenvalue weighted by Crippen LogP contribution is 2.16. The first-order valence-electron chi connectivity index (χ1n) is 4.43. The first-order chi connectivity index (χ1) is 5.90. The molecule has 1 N–H and O–H groups in total. The molecule has 0 aromatic carbocycles. The molecule has 1 unspecified atom stereocenters. The Kier molecular flexibility index (Phi) is 4.91. The Labute approximate surface area is 78.6 Å². The number of esters is 1. The third kappa shape index (κ3) is 5.58. The van der Waals surface area contributed by atoms with E-state index in [0.717, 1.165) is 0 Å². The highest BCUT2D eigenvalue weighted by atomic mass is 19.1. The molecule has 0 aliphatic carbocycles. The smallest absolute Gasteiger partial charge is 0.323 e. The summed E-state index contributed by atoms with van der Waals surface area (Å²) >= 11 is 0. The number of carbonyl (C=O) groups excluding carboxylic acids is 1. The average Bonchev–Trinajstić information content (AvgIpc) is 1.99. The molecule has 0 saturated carbocycles. The molecule has 78 valence electrons. The zero-order valence-corrected chi connectivity index (χ0v) is 8.69. The van der Waals surface area contributed by atoms with E-state index in [2.05, 4.69) is 5.32 Å². The summed E-state index contributed by atoms with van der Waals surface area (Å²) in [6, 6.07) is -0.556. The fraction of sp³-hybridized carbons (Fsp3) is 0.889. The minimum atomic E-state index is -1.36. The van der Waals surface area contributed by atoms with Gasteiger partial charge in [0.25, 0.3) is 0 Å². The van der Waals surface area contributed by atoms with Gasteiger partial charge in [-0.2, -0.15) is 0 Å². The number of halogens is 1. The van der Waals surface area contributed by atoms with Crippen molar-refractivity contribution in [3.63, 3.8) is 0 Å². The van der Waals surface area contributed by atoms with Gasteiger partial charge in [-0.25, -0.2) is 4.39 Å². The van der Waals surface area contributed by atoms with Gasteiger partial charge < -0.3 is 10.1 Å². The number of likely N-dealkylation sites (N-methyl/N-ethyl adjacent to an activating group) is 1. The minimum Gasteiger partial charge on any atom is -0.465 e. The van der Waals surface area contributed by atoms with Crippen molar-refractivity contribution in [1.29, 1.82) is 0 Å². The number of hydrogen-bond acceptors (Lipinski definition) is 3. The van der Waals surface area contributed by atoms with Crippen LogP contribution in [0.4, 0.5) is 4.39 Å². The molecule has 0 radical (unpaired) electrons. The van der Waals surface area contributed by atoms with Crippen LogP contribution in [0.25, 0.3) is 0 Å². The number of rotatable bonds is 5. The number of carbonyl (C=O) groups is 1. The van der Waals surface area contributed by atoms with Gasteiger partial charge in [0, 0.05) is 6.42 Å². The Bertz CT molecular complexity index is 165. The van der Waals surface area contributed by atoms with Crippen LogP contribution in [0.15, 0.2) is 0 Å². The molecule has 0 aliphatic heterocycles. The van der Waals surface area contributed by atoms with Crippen LogP contribution in [0.5, 0.6) is 0 Å². The van der Waals surface area contributed by atoms with Gasteiger partial charge in [-0.1, -0.05) is 0 Å². The van der Waals surface area contributed by atoms with E-state index >= 15 is 0 Å². The topological polar surface area (TPSA) is 38.3 Å². The Balaban J connectivity index is 4.10. The van der Waals surface area contributed by atoms with E-state index in [9.17, 15) is 9.18 Å². The summed E-state index contributed by atoms with van der Waals surface area (Å²) in [5.74, 6) is -0.393. The second-order valence-electron chi connectivity index (χ2n) is 3.52. The fourth-order valence-electron chi connectivity index (χ4n) is 1.03. The summed E-state index contributed by atoms with van der Waals surface area (Å²) < 4.78 is 18.0. The van der Waals surface area contributed by atoms with E-state index in [4.69, 9.17) is 4.74 Å². The molecule has 0 bridgehead atoms. The predicted octanol–water partition coefficient (Wildman–Crippen LogP) is 1.28. The van der Waals surface area contributed by atoms with Crippen molar-refractivity contribution in [2.45, 2.75) is 38.9 Å². The molecular weight excluding hydrogens is 173 g/mol. The molecule has 0 rings (SSSR count). The molecule has 1 atom stereocenters. The summed E-state index contributed by atoms with van der Waals surface area (Å²) in [5, 5.41) is 2.73. The van der Waals surface area contributed by atoms with E-state index in [1.807, 2.05) is 0 Å². The lowest BCUT2D eigenvalue weighted by Gasteiger charge is -2.20. The molecular formula is C9H18FNO2. The molecule has 0 amide bonds. The SMILES string of the molecule is CCOC(=O)C(CC(C)(C)F)NC. The molecule has 0 aromatic rings. The third-order valence-corrected chi connectivity index (χ3v) is 1.61. The van der Waals surface area contributed by atoms with Gasteiger partial charge >= 0.3 is 5.97 Å². The third-order valence-electron chi connectivity index (χ3n) is 1.61. The Morgan fingerprint density at radius 1 is 1.62 bits per heavy atom. The van der Waals surface area contributed by atoms with Crippen LogP contribution in [0.2, 0.25) is 0 Å². The van der Waals surface area contributed by atoms with Crippen LogP contribution >= 0.6 is 0 Å². The molecule has 4 heteroatoms. The van der Waals surface area contributed by atoms with Crippen LogP contribution in [0, 0.1) is 0 Å². The van der Waals surface area contributed by atoms with Crippen LogP contribution in [0.3, 0.4) is 0 Å². The van der Waals surface area contributed by atoms with Crippen molar-refractivity contribution >= 4 is 5.97 Å². The van der Waals surface area contributed by atoms with Crippen LogP contribution in [-0.2, 0) is 9.53 Å². The maximum Gasteiger partial charge on any atom is 0.323 e. The Hall–Kier alpha value is -0.640. The van der Waals surface area contributed by atoms with Crippen molar-refractivity contribution in [3.8, 4) is 0 Å². The van der Waals surface area contributed by atoms with Crippen molar-refractivity contribution in [1.82, 2.24) is 5.32 Å². The molecule has 0 aliphatic rings. The summed E-state index contributed by atoms with van der Waals surface area (Å²) in [5.41, 5.74) is -1.36. The zero-order valence-electron chi connectivity index (χ0n) is 8.69. The molecule has 0 saturated heterocycles. The molecule has 13 heavy (non-hydrogen) atoms. The lowest BCUT2D eigenvalue weighted by Crippen LogP contribution is -2.40. The monoisotopic (exact) mass is 191 g/mol. The molecule has 0 spiro atoms. The maximum absolute atomic E-state index is 13.2. The molecule has 0 aromatic heterocycles. The van der Waals surface area contributed by atoms with Crippen molar-refractivity contribution in [2.24, 2.45) is 0 Å². The van der Waals surface area contributed by atoms with Gasteiger partial charge in [-0.3, -0.25) is 4.79 Å². The van der Waals surface area contributed by atoms with Crippen LogP contribution in [-0.4, -0.2) is 31.3 Å². The number of hydrogen-bond donors (Lipinski definition) is 1. The van der Waals surface area contributed by atoms with Crippen LogP contribution < -0.4 is 5.32 Å². The lowest BCUT2D eigenvalue weighted by molar-refractivity contribution is -0.146. The minimum absolute atomic E-state index is 0.127. The summed E-state index contributed by atoms with van der Waals surface area (Å²) in [4.78, 5) is 11.2. The average molecular weight is 191 g/mol. The Morgan fingerprint density at radius 2 is 2.15 bits per heavy atom. The largest absolute Gasteiger partial charge is 0.465 e. The van der Waals surface area contributed by atoms with Crippen molar-refractivity contribution in [2.75, 3.05) is 13.7 Å². The highest BCUT2D eigenvalue weighted by Gasteiger charge is 2.27. The second kappa shape index (κ2) is 5.17. The maximum atomic E-state index is 13.2. The molecule has 0 fully saturated rings. The lowest BCUT2D eigenvalue weighted by atomic mass is 10.0. The van der Waals surface area contributed by atoms with Gasteiger partial charge in [0.15, 0.2) is 0 Å². The van der Waals surface area contributed by atoms with E-state index in [-0.39, 0.29) is 6.42 Å². The highest BCUT2D eigenvalue weighted by molar-refractivity contribution is 5.75. The quantitative estimate of drug-likeness (QED) is 0.665. The van der Waals surface area contributed by atoms with E-state index in [1.165, 1.54) is 13.8 Å². The van der Waals surface area contributed by atoms with Crippen LogP contribution in [0.1, 0.15) is 27.2 Å². The van der Waals surface area contributed by atoms with E-state index in [0.29, 0.717) is 6.61 Å². The summed E-state index contributed by atoms with van der Waals surface area (Å²) in [6.45, 7) is 4.93. The second-order valence-corrected chi connectivity index (χ2v) is 3.52. The zero-order chi connectivity index (χ0) is 10.5. The van der Waals surface area contributed by atoms with E-state index < -0.39 is 17.7 Å². The molecule has 3 nitrogen and oxygen atoms in total. The summed E-state index contributed by atoms with van der Waals surface area (Å²) in [6.07, 6.45) is 0.127. The summed E-state index contributed by atoms with van der Waals surface area (Å²) in [7, 11) is 1.62.